The number of anilines is 1. The van der Waals surface area contributed by atoms with Crippen molar-refractivity contribution in [2.24, 2.45) is 0 Å². The van der Waals surface area contributed by atoms with Crippen molar-refractivity contribution in [3.05, 3.63) is 58.6 Å². The van der Waals surface area contributed by atoms with Crippen LogP contribution in [0.2, 0.25) is 5.02 Å². The first-order valence-corrected chi connectivity index (χ1v) is 10.8. The van der Waals surface area contributed by atoms with Gasteiger partial charge in [0.15, 0.2) is 0 Å². The Labute approximate surface area is 165 Å². The highest BCUT2D eigenvalue weighted by Crippen LogP contribution is 2.22. The van der Waals surface area contributed by atoms with Gasteiger partial charge in [-0.25, -0.2) is 8.42 Å². The molecule has 2 aromatic rings. The summed E-state index contributed by atoms with van der Waals surface area (Å²) in [6.07, 6.45) is 2.68. The van der Waals surface area contributed by atoms with Crippen LogP contribution in [0.25, 0.3) is 0 Å². The summed E-state index contributed by atoms with van der Waals surface area (Å²) in [5.74, 6) is -0.108. The van der Waals surface area contributed by atoms with Crippen LogP contribution >= 0.6 is 11.6 Å². The highest BCUT2D eigenvalue weighted by Gasteiger charge is 2.26. The van der Waals surface area contributed by atoms with E-state index < -0.39 is 10.0 Å². The molecule has 1 saturated heterocycles. The number of halogens is 1. The van der Waals surface area contributed by atoms with Crippen LogP contribution in [0.5, 0.6) is 0 Å². The van der Waals surface area contributed by atoms with Crippen LogP contribution in [0.3, 0.4) is 0 Å². The summed E-state index contributed by atoms with van der Waals surface area (Å²) in [5, 5.41) is 3.44. The fourth-order valence-electron chi connectivity index (χ4n) is 3.06. The predicted molar refractivity (Wildman–Crippen MR) is 108 cm³/mol. The number of hydrogen-bond acceptors (Lipinski definition) is 3. The molecule has 1 aliphatic rings. The fourth-order valence-corrected chi connectivity index (χ4v) is 4.76. The topological polar surface area (TPSA) is 66.5 Å². The molecule has 2 aromatic carbocycles. The quantitative estimate of drug-likeness (QED) is 0.788. The average Bonchev–Trinajstić information content (AvgIpc) is 3.19. The van der Waals surface area contributed by atoms with E-state index in [-0.39, 0.29) is 5.91 Å². The van der Waals surface area contributed by atoms with E-state index in [2.05, 4.69) is 5.32 Å². The summed E-state index contributed by atoms with van der Waals surface area (Å²) >= 11 is 6.07. The van der Waals surface area contributed by atoms with Gasteiger partial charge in [0.05, 0.1) is 4.90 Å². The molecule has 0 radical (unpaired) electrons. The predicted octanol–water partition coefficient (Wildman–Crippen LogP) is 4.00. The zero-order valence-corrected chi connectivity index (χ0v) is 16.8. The maximum Gasteiger partial charge on any atom is 0.243 e. The first-order valence-electron chi connectivity index (χ1n) is 9.01. The van der Waals surface area contributed by atoms with E-state index in [4.69, 9.17) is 11.6 Å². The van der Waals surface area contributed by atoms with Crippen LogP contribution in [0, 0.1) is 6.92 Å². The molecule has 0 saturated carbocycles. The Morgan fingerprint density at radius 1 is 1.11 bits per heavy atom. The van der Waals surface area contributed by atoms with E-state index in [1.165, 1.54) is 4.31 Å². The van der Waals surface area contributed by atoms with Gasteiger partial charge in [0, 0.05) is 30.2 Å². The lowest BCUT2D eigenvalue weighted by molar-refractivity contribution is -0.116. The largest absolute Gasteiger partial charge is 0.326 e. The van der Waals surface area contributed by atoms with E-state index in [1.54, 1.807) is 30.3 Å². The number of aryl methyl sites for hydroxylation is 2. The first kappa shape index (κ1) is 19.9. The second-order valence-electron chi connectivity index (χ2n) is 6.77. The fraction of sp³-hybridized carbons (Fsp3) is 0.350. The second kappa shape index (κ2) is 8.42. The zero-order chi connectivity index (χ0) is 19.4. The molecule has 1 aliphatic heterocycles. The molecule has 0 spiro atoms. The normalized spacial score (nSPS) is 15.0. The summed E-state index contributed by atoms with van der Waals surface area (Å²) in [7, 11) is -3.39. The van der Waals surface area contributed by atoms with Gasteiger partial charge in [0.25, 0.3) is 0 Å². The van der Waals surface area contributed by atoms with E-state index in [0.717, 1.165) is 24.0 Å². The van der Waals surface area contributed by atoms with Crippen molar-refractivity contribution in [1.29, 1.82) is 0 Å². The number of nitrogens with one attached hydrogen (secondary N) is 1. The van der Waals surface area contributed by atoms with E-state index >= 15 is 0 Å². The summed E-state index contributed by atoms with van der Waals surface area (Å²) < 4.78 is 26.6. The number of amides is 1. The molecule has 144 valence electrons. The lowest BCUT2D eigenvalue weighted by Gasteiger charge is -2.15. The molecule has 5 nitrogen and oxygen atoms in total. The Bertz CT molecular complexity index is 921. The smallest absolute Gasteiger partial charge is 0.243 e. The molecule has 0 unspecified atom stereocenters. The van der Waals surface area contributed by atoms with Crippen LogP contribution in [0.4, 0.5) is 5.69 Å². The zero-order valence-electron chi connectivity index (χ0n) is 15.2. The number of sulfonamides is 1. The monoisotopic (exact) mass is 406 g/mol. The van der Waals surface area contributed by atoms with Gasteiger partial charge in [-0.15, -0.1) is 0 Å². The molecular formula is C20H23ClN2O3S. The molecule has 1 N–H and O–H groups in total. The molecule has 1 fully saturated rings. The molecule has 1 amide bonds. The van der Waals surface area contributed by atoms with Crippen molar-refractivity contribution in [2.75, 3.05) is 18.4 Å². The van der Waals surface area contributed by atoms with E-state index in [1.807, 2.05) is 19.1 Å². The van der Waals surface area contributed by atoms with Gasteiger partial charge >= 0.3 is 0 Å². The van der Waals surface area contributed by atoms with Crippen LogP contribution in [-0.4, -0.2) is 31.7 Å². The average molecular weight is 407 g/mol. The molecule has 27 heavy (non-hydrogen) atoms. The molecule has 1 heterocycles. The van der Waals surface area contributed by atoms with E-state index in [9.17, 15) is 13.2 Å². The highest BCUT2D eigenvalue weighted by atomic mass is 35.5. The van der Waals surface area contributed by atoms with Crippen LogP contribution in [-0.2, 0) is 21.2 Å². The third kappa shape index (κ3) is 4.89. The first-order chi connectivity index (χ1) is 12.9. The van der Waals surface area contributed by atoms with Crippen molar-refractivity contribution in [1.82, 2.24) is 4.31 Å². The minimum atomic E-state index is -3.39. The number of carbonyl (C=O) groups is 1. The minimum absolute atomic E-state index is 0.108. The standard InChI is InChI=1S/C20H23ClN2O3S/c1-15-4-8-17(14-19(15)21)22-20(24)11-7-16-5-9-18(10-6-16)27(25,26)23-12-2-3-13-23/h4-6,8-10,14H,2-3,7,11-13H2,1H3,(H,22,24). The Morgan fingerprint density at radius 3 is 2.41 bits per heavy atom. The summed E-state index contributed by atoms with van der Waals surface area (Å²) in [6, 6.07) is 12.2. The Morgan fingerprint density at radius 2 is 1.78 bits per heavy atom. The van der Waals surface area contributed by atoms with Crippen molar-refractivity contribution in [3.63, 3.8) is 0 Å². The lowest BCUT2D eigenvalue weighted by Crippen LogP contribution is -2.27. The maximum absolute atomic E-state index is 12.5. The molecular weight excluding hydrogens is 384 g/mol. The minimum Gasteiger partial charge on any atom is -0.326 e. The molecule has 0 aromatic heterocycles. The Hall–Kier alpha value is -1.89. The molecule has 0 bridgehead atoms. The SMILES string of the molecule is Cc1ccc(NC(=O)CCc2ccc(S(=O)(=O)N3CCCC3)cc2)cc1Cl. The van der Waals surface area contributed by atoms with Crippen LogP contribution in [0.15, 0.2) is 47.4 Å². The van der Waals surface area contributed by atoms with Gasteiger partial charge in [-0.05, 0) is 61.6 Å². The summed E-state index contributed by atoms with van der Waals surface area (Å²) in [4.78, 5) is 12.4. The van der Waals surface area contributed by atoms with Crippen molar-refractivity contribution in [2.45, 2.75) is 37.5 Å². The van der Waals surface area contributed by atoms with Gasteiger partial charge in [0.1, 0.15) is 0 Å². The van der Waals surface area contributed by atoms with Crippen LogP contribution in [0.1, 0.15) is 30.4 Å². The second-order valence-corrected chi connectivity index (χ2v) is 9.11. The number of benzene rings is 2. The third-order valence-corrected chi connectivity index (χ3v) is 7.04. The van der Waals surface area contributed by atoms with Crippen LogP contribution < -0.4 is 5.32 Å². The Kier molecular flexibility index (Phi) is 6.19. The molecule has 7 heteroatoms. The summed E-state index contributed by atoms with van der Waals surface area (Å²) in [6.45, 7) is 3.09. The van der Waals surface area contributed by atoms with Gasteiger partial charge in [-0.2, -0.15) is 4.31 Å². The molecule has 3 rings (SSSR count). The van der Waals surface area contributed by atoms with Gasteiger partial charge in [-0.3, -0.25) is 4.79 Å². The van der Waals surface area contributed by atoms with Crippen molar-refractivity contribution < 1.29 is 13.2 Å². The number of hydrogen-bond donors (Lipinski definition) is 1. The van der Waals surface area contributed by atoms with Gasteiger partial charge in [-0.1, -0.05) is 29.8 Å². The maximum atomic E-state index is 12.5. The summed E-state index contributed by atoms with van der Waals surface area (Å²) in [5.41, 5.74) is 2.55. The number of carbonyl (C=O) groups excluding carboxylic acids is 1. The molecule has 0 atom stereocenters. The number of nitrogens with zero attached hydrogens (tertiary/aromatic N) is 1. The van der Waals surface area contributed by atoms with Gasteiger partial charge in [0.2, 0.25) is 15.9 Å². The molecule has 0 aliphatic carbocycles. The third-order valence-electron chi connectivity index (χ3n) is 4.72. The van der Waals surface area contributed by atoms with Crippen molar-refractivity contribution >= 4 is 33.2 Å². The highest BCUT2D eigenvalue weighted by molar-refractivity contribution is 7.89. The van der Waals surface area contributed by atoms with Gasteiger partial charge < -0.3 is 5.32 Å². The Balaban J connectivity index is 1.56. The van der Waals surface area contributed by atoms with E-state index in [0.29, 0.717) is 41.5 Å². The number of rotatable bonds is 6. The lowest BCUT2D eigenvalue weighted by atomic mass is 10.1. The van der Waals surface area contributed by atoms with Crippen molar-refractivity contribution in [3.8, 4) is 0 Å².